The molecule has 0 atom stereocenters. The van der Waals surface area contributed by atoms with Gasteiger partial charge in [-0.2, -0.15) is 5.10 Å². The molecular formula is C25H25ClN6O. The highest BCUT2D eigenvalue weighted by molar-refractivity contribution is 6.32. The van der Waals surface area contributed by atoms with Crippen molar-refractivity contribution in [2.75, 3.05) is 38.2 Å². The number of rotatable bonds is 5. The Labute approximate surface area is 197 Å². The van der Waals surface area contributed by atoms with E-state index in [1.165, 1.54) is 5.69 Å². The lowest BCUT2D eigenvalue weighted by Gasteiger charge is -2.34. The fraction of sp³-hybridized carbons (Fsp3) is 0.240. The molecule has 1 aliphatic rings. The van der Waals surface area contributed by atoms with Crippen LogP contribution in [0.4, 0.5) is 5.69 Å². The molecule has 168 valence electrons. The number of methoxy groups -OCH3 is 1. The molecule has 4 heterocycles. The zero-order valence-electron chi connectivity index (χ0n) is 18.6. The summed E-state index contributed by atoms with van der Waals surface area (Å²) in [6.45, 7) is 5.60. The Kier molecular flexibility index (Phi) is 5.88. The zero-order valence-corrected chi connectivity index (χ0v) is 19.4. The number of ether oxygens (including phenoxy) is 1. The number of hydrazone groups is 1. The minimum absolute atomic E-state index is 0.584. The van der Waals surface area contributed by atoms with Crippen molar-refractivity contribution < 1.29 is 4.74 Å². The molecule has 8 heteroatoms. The van der Waals surface area contributed by atoms with Gasteiger partial charge in [-0.3, -0.25) is 9.99 Å². The standard InChI is InChI=1S/C25H25ClN6O/c1-18-13-24(33-2)22(26)15-21(18)23-17-31-8-5-20(14-25(31)29-23)30-9-11-32(12-10-30)28-16-19-3-6-27-7-4-19/h3-8,13-17H,9-12H2,1-2H3/b28-16-. The second kappa shape index (κ2) is 9.11. The van der Waals surface area contributed by atoms with Crippen LogP contribution in [-0.4, -0.2) is 58.9 Å². The van der Waals surface area contributed by atoms with Crippen LogP contribution < -0.4 is 9.64 Å². The highest BCUT2D eigenvalue weighted by atomic mass is 35.5. The summed E-state index contributed by atoms with van der Waals surface area (Å²) < 4.78 is 7.37. The first-order valence-electron chi connectivity index (χ1n) is 10.9. The van der Waals surface area contributed by atoms with Crippen LogP contribution >= 0.6 is 11.6 Å². The third-order valence-electron chi connectivity index (χ3n) is 5.92. The molecule has 0 N–H and O–H groups in total. The summed E-state index contributed by atoms with van der Waals surface area (Å²) in [6.07, 6.45) is 9.55. The number of nitrogens with zero attached hydrogens (tertiary/aromatic N) is 6. The zero-order chi connectivity index (χ0) is 22.8. The smallest absolute Gasteiger partial charge is 0.139 e. The third kappa shape index (κ3) is 4.50. The van der Waals surface area contributed by atoms with Crippen LogP contribution in [-0.2, 0) is 0 Å². The van der Waals surface area contributed by atoms with Gasteiger partial charge in [0.25, 0.3) is 0 Å². The van der Waals surface area contributed by atoms with Crippen LogP contribution in [0.25, 0.3) is 16.9 Å². The lowest BCUT2D eigenvalue weighted by molar-refractivity contribution is 0.272. The third-order valence-corrected chi connectivity index (χ3v) is 6.21. The van der Waals surface area contributed by atoms with Crippen molar-refractivity contribution in [1.82, 2.24) is 19.4 Å². The topological polar surface area (TPSA) is 58.3 Å². The van der Waals surface area contributed by atoms with Crippen LogP contribution in [0, 0.1) is 6.92 Å². The van der Waals surface area contributed by atoms with Gasteiger partial charge in [0.1, 0.15) is 11.4 Å². The Balaban J connectivity index is 1.31. The molecule has 0 aliphatic carbocycles. The number of benzene rings is 1. The molecule has 0 amide bonds. The van der Waals surface area contributed by atoms with Crippen LogP contribution in [0.3, 0.4) is 0 Å². The van der Waals surface area contributed by atoms with Gasteiger partial charge in [-0.1, -0.05) is 11.6 Å². The molecule has 3 aromatic heterocycles. The number of pyridine rings is 2. The molecule has 1 aromatic carbocycles. The van der Waals surface area contributed by atoms with Crippen molar-refractivity contribution in [1.29, 1.82) is 0 Å². The number of aryl methyl sites for hydroxylation is 1. The van der Waals surface area contributed by atoms with Gasteiger partial charge in [-0.25, -0.2) is 4.98 Å². The molecule has 5 rings (SSSR count). The summed E-state index contributed by atoms with van der Waals surface area (Å²) in [5.74, 6) is 0.674. The van der Waals surface area contributed by atoms with E-state index < -0.39 is 0 Å². The molecule has 0 radical (unpaired) electrons. The number of halogens is 1. The summed E-state index contributed by atoms with van der Waals surface area (Å²) in [7, 11) is 1.62. The van der Waals surface area contributed by atoms with E-state index in [2.05, 4.69) is 38.3 Å². The number of piperazine rings is 1. The maximum atomic E-state index is 6.36. The Bertz CT molecular complexity index is 1300. The largest absolute Gasteiger partial charge is 0.495 e. The van der Waals surface area contributed by atoms with Gasteiger partial charge < -0.3 is 14.0 Å². The van der Waals surface area contributed by atoms with E-state index in [1.54, 1.807) is 19.5 Å². The Morgan fingerprint density at radius 1 is 1.06 bits per heavy atom. The van der Waals surface area contributed by atoms with Gasteiger partial charge in [0.2, 0.25) is 0 Å². The Morgan fingerprint density at radius 2 is 1.85 bits per heavy atom. The lowest BCUT2D eigenvalue weighted by atomic mass is 10.1. The number of hydrogen-bond acceptors (Lipinski definition) is 6. The SMILES string of the molecule is COc1cc(C)c(-c2cn3ccc(N4CCN(/N=C\c5ccncc5)CC4)cc3n2)cc1Cl. The molecule has 0 bridgehead atoms. The van der Waals surface area contributed by atoms with Crippen molar-refractivity contribution in [3.63, 3.8) is 0 Å². The predicted octanol–water partition coefficient (Wildman–Crippen LogP) is 4.52. The number of hydrogen-bond donors (Lipinski definition) is 0. The van der Waals surface area contributed by atoms with E-state index in [9.17, 15) is 0 Å². The van der Waals surface area contributed by atoms with E-state index >= 15 is 0 Å². The van der Waals surface area contributed by atoms with E-state index in [4.69, 9.17) is 21.3 Å². The molecule has 0 unspecified atom stereocenters. The van der Waals surface area contributed by atoms with Gasteiger partial charge in [0.15, 0.2) is 0 Å². The summed E-state index contributed by atoms with van der Waals surface area (Å²) in [5, 5.41) is 7.31. The highest BCUT2D eigenvalue weighted by Gasteiger charge is 2.17. The van der Waals surface area contributed by atoms with E-state index in [0.717, 1.165) is 54.2 Å². The fourth-order valence-corrected chi connectivity index (χ4v) is 4.29. The molecule has 1 fully saturated rings. The Morgan fingerprint density at radius 3 is 2.61 bits per heavy atom. The van der Waals surface area contributed by atoms with Gasteiger partial charge in [0, 0.05) is 55.2 Å². The van der Waals surface area contributed by atoms with Crippen LogP contribution in [0.1, 0.15) is 11.1 Å². The second-order valence-electron chi connectivity index (χ2n) is 8.04. The van der Waals surface area contributed by atoms with Gasteiger partial charge in [0.05, 0.1) is 37.1 Å². The first-order chi connectivity index (χ1) is 16.1. The summed E-state index contributed by atoms with van der Waals surface area (Å²) in [5.41, 5.74) is 6.11. The summed E-state index contributed by atoms with van der Waals surface area (Å²) in [4.78, 5) is 11.3. The number of anilines is 1. The van der Waals surface area contributed by atoms with E-state index in [0.29, 0.717) is 10.8 Å². The van der Waals surface area contributed by atoms with Crippen molar-refractivity contribution in [3.05, 3.63) is 77.3 Å². The quantitative estimate of drug-likeness (QED) is 0.410. The van der Waals surface area contributed by atoms with Gasteiger partial charge in [-0.15, -0.1) is 0 Å². The molecule has 4 aromatic rings. The molecule has 33 heavy (non-hydrogen) atoms. The highest BCUT2D eigenvalue weighted by Crippen LogP contribution is 2.33. The first-order valence-corrected chi connectivity index (χ1v) is 11.3. The molecule has 0 saturated carbocycles. The average Bonchev–Trinajstić information content (AvgIpc) is 3.28. The molecule has 1 aliphatic heterocycles. The van der Waals surface area contributed by atoms with Crippen molar-refractivity contribution >= 4 is 29.2 Å². The van der Waals surface area contributed by atoms with Crippen LogP contribution in [0.5, 0.6) is 5.75 Å². The summed E-state index contributed by atoms with van der Waals surface area (Å²) >= 11 is 6.36. The maximum Gasteiger partial charge on any atom is 0.139 e. The van der Waals surface area contributed by atoms with E-state index in [-0.39, 0.29) is 0 Å². The summed E-state index contributed by atoms with van der Waals surface area (Å²) in [6, 6.07) is 12.1. The van der Waals surface area contributed by atoms with Crippen LogP contribution in [0.2, 0.25) is 5.02 Å². The molecule has 0 spiro atoms. The first kappa shape index (κ1) is 21.3. The van der Waals surface area contributed by atoms with Crippen LogP contribution in [0.15, 0.2) is 66.3 Å². The number of fused-ring (bicyclic) bond motifs is 1. The maximum absolute atomic E-state index is 6.36. The number of aromatic nitrogens is 3. The molecular weight excluding hydrogens is 436 g/mol. The fourth-order valence-electron chi connectivity index (χ4n) is 4.05. The monoisotopic (exact) mass is 460 g/mol. The average molecular weight is 461 g/mol. The Hall–Kier alpha value is -3.58. The van der Waals surface area contributed by atoms with Gasteiger partial charge >= 0.3 is 0 Å². The van der Waals surface area contributed by atoms with Crippen molar-refractivity contribution in [2.45, 2.75) is 6.92 Å². The molecule has 7 nitrogen and oxygen atoms in total. The molecule has 1 saturated heterocycles. The number of imidazole rings is 1. The van der Waals surface area contributed by atoms with Crippen molar-refractivity contribution in [3.8, 4) is 17.0 Å². The predicted molar refractivity (Wildman–Crippen MR) is 133 cm³/mol. The second-order valence-corrected chi connectivity index (χ2v) is 8.45. The minimum Gasteiger partial charge on any atom is -0.495 e. The van der Waals surface area contributed by atoms with E-state index in [1.807, 2.05) is 48.0 Å². The lowest BCUT2D eigenvalue weighted by Crippen LogP contribution is -2.44. The van der Waals surface area contributed by atoms with Gasteiger partial charge in [-0.05, 0) is 48.4 Å². The minimum atomic E-state index is 0.584. The normalized spacial score (nSPS) is 14.4. The van der Waals surface area contributed by atoms with Crippen molar-refractivity contribution in [2.24, 2.45) is 5.10 Å².